The molecule has 0 radical (unpaired) electrons. The van der Waals surface area contributed by atoms with Crippen molar-refractivity contribution in [3.05, 3.63) is 0 Å². The highest BCUT2D eigenvalue weighted by molar-refractivity contribution is 5.75. The largest absolute Gasteiger partial charge is 0.481 e. The van der Waals surface area contributed by atoms with Gasteiger partial charge in [-0.1, -0.05) is 33.6 Å². The third-order valence-electron chi connectivity index (χ3n) is 3.38. The number of amides is 1. The van der Waals surface area contributed by atoms with Gasteiger partial charge in [0, 0.05) is 19.4 Å². The molecule has 0 atom stereocenters. The zero-order valence-corrected chi connectivity index (χ0v) is 11.9. The van der Waals surface area contributed by atoms with Gasteiger partial charge in [-0.05, 0) is 24.7 Å². The van der Waals surface area contributed by atoms with E-state index in [0.717, 1.165) is 25.7 Å². The Morgan fingerprint density at radius 2 is 1.78 bits per heavy atom. The molecule has 0 bridgehead atoms. The van der Waals surface area contributed by atoms with Gasteiger partial charge < -0.3 is 10.4 Å². The molecule has 0 aromatic heterocycles. The Labute approximate surface area is 110 Å². The lowest BCUT2D eigenvalue weighted by Gasteiger charge is -2.21. The average Bonchev–Trinajstić information content (AvgIpc) is 2.31. The van der Waals surface area contributed by atoms with E-state index in [1.165, 1.54) is 0 Å². The van der Waals surface area contributed by atoms with Gasteiger partial charge in [-0.25, -0.2) is 0 Å². The highest BCUT2D eigenvalue weighted by Crippen LogP contribution is 2.25. The minimum atomic E-state index is -0.749. The van der Waals surface area contributed by atoms with Crippen LogP contribution in [0, 0.1) is 5.41 Å². The molecular weight excluding hydrogens is 230 g/mol. The van der Waals surface area contributed by atoms with Crippen LogP contribution in [0.2, 0.25) is 0 Å². The Kier molecular flexibility index (Phi) is 8.42. The minimum Gasteiger partial charge on any atom is -0.481 e. The van der Waals surface area contributed by atoms with E-state index in [9.17, 15) is 9.59 Å². The van der Waals surface area contributed by atoms with Crippen LogP contribution in [0.25, 0.3) is 0 Å². The van der Waals surface area contributed by atoms with Crippen molar-refractivity contribution >= 4 is 11.9 Å². The number of unbranched alkanes of at least 4 members (excludes halogenated alkanes) is 2. The first-order chi connectivity index (χ1) is 8.37. The molecule has 1 amide bonds. The molecule has 0 spiro atoms. The number of nitrogens with one attached hydrogen (secondary N) is 1. The van der Waals surface area contributed by atoms with E-state index in [-0.39, 0.29) is 17.7 Å². The summed E-state index contributed by atoms with van der Waals surface area (Å²) in [5, 5.41) is 11.3. The second kappa shape index (κ2) is 8.95. The van der Waals surface area contributed by atoms with Gasteiger partial charge in [-0.3, -0.25) is 9.59 Å². The molecule has 106 valence electrons. The van der Waals surface area contributed by atoms with E-state index in [2.05, 4.69) is 26.1 Å². The molecule has 0 aliphatic rings. The van der Waals surface area contributed by atoms with Crippen LogP contribution >= 0.6 is 0 Å². The van der Waals surface area contributed by atoms with Gasteiger partial charge in [0.1, 0.15) is 0 Å². The molecule has 0 saturated carbocycles. The molecule has 0 unspecified atom stereocenters. The van der Waals surface area contributed by atoms with E-state index in [1.54, 1.807) is 0 Å². The summed E-state index contributed by atoms with van der Waals surface area (Å²) in [4.78, 5) is 21.8. The summed E-state index contributed by atoms with van der Waals surface area (Å²) < 4.78 is 0. The molecule has 0 rings (SSSR count). The Balaban J connectivity index is 3.46. The summed E-state index contributed by atoms with van der Waals surface area (Å²) in [6, 6.07) is 0. The summed E-state index contributed by atoms with van der Waals surface area (Å²) in [5.74, 6) is -0.643. The van der Waals surface area contributed by atoms with Crippen LogP contribution in [-0.4, -0.2) is 23.5 Å². The molecular formula is C14H27NO3. The predicted molar refractivity (Wildman–Crippen MR) is 72.4 cm³/mol. The quantitative estimate of drug-likeness (QED) is 0.591. The number of carboxylic acids is 1. The normalized spacial score (nSPS) is 11.3. The first-order valence-corrected chi connectivity index (χ1v) is 6.86. The molecule has 0 aromatic carbocycles. The summed E-state index contributed by atoms with van der Waals surface area (Å²) >= 11 is 0. The number of carboxylic acid groups (broad SMARTS) is 1. The zero-order chi connectivity index (χ0) is 14.0. The van der Waals surface area contributed by atoms with E-state index in [0.29, 0.717) is 19.4 Å². The van der Waals surface area contributed by atoms with Crippen LogP contribution in [0.3, 0.4) is 0 Å². The van der Waals surface area contributed by atoms with Crippen LogP contribution in [0.4, 0.5) is 0 Å². The lowest BCUT2D eigenvalue weighted by atomic mass is 9.85. The molecule has 0 aliphatic carbocycles. The van der Waals surface area contributed by atoms with Gasteiger partial charge in [-0.2, -0.15) is 0 Å². The topological polar surface area (TPSA) is 66.4 Å². The maximum absolute atomic E-state index is 11.5. The number of carbonyl (C=O) groups excluding carboxylic acids is 1. The maximum Gasteiger partial charge on any atom is 0.303 e. The first kappa shape index (κ1) is 16.9. The van der Waals surface area contributed by atoms with Crippen LogP contribution in [0.15, 0.2) is 0 Å². The number of aliphatic carboxylic acids is 1. The van der Waals surface area contributed by atoms with Gasteiger partial charge in [0.2, 0.25) is 5.91 Å². The van der Waals surface area contributed by atoms with Crippen molar-refractivity contribution in [2.24, 2.45) is 5.41 Å². The fourth-order valence-electron chi connectivity index (χ4n) is 1.52. The summed E-state index contributed by atoms with van der Waals surface area (Å²) in [5.41, 5.74) is 0.235. The van der Waals surface area contributed by atoms with Crippen LogP contribution < -0.4 is 5.32 Å². The van der Waals surface area contributed by atoms with Crippen molar-refractivity contribution in [1.82, 2.24) is 5.32 Å². The lowest BCUT2D eigenvalue weighted by molar-refractivity contribution is -0.137. The molecule has 0 aromatic rings. The maximum atomic E-state index is 11.5. The number of carbonyl (C=O) groups is 2. The summed E-state index contributed by atoms with van der Waals surface area (Å²) in [6.07, 6.45) is 5.19. The van der Waals surface area contributed by atoms with Gasteiger partial charge in [0.05, 0.1) is 0 Å². The monoisotopic (exact) mass is 257 g/mol. The van der Waals surface area contributed by atoms with Crippen LogP contribution in [0.5, 0.6) is 0 Å². The Hall–Kier alpha value is -1.06. The van der Waals surface area contributed by atoms with Crippen molar-refractivity contribution in [2.45, 2.75) is 65.7 Å². The first-order valence-electron chi connectivity index (χ1n) is 6.86. The molecule has 0 aliphatic heterocycles. The average molecular weight is 257 g/mol. The fourth-order valence-corrected chi connectivity index (χ4v) is 1.52. The van der Waals surface area contributed by atoms with E-state index >= 15 is 0 Å². The number of hydrogen-bond acceptors (Lipinski definition) is 2. The standard InChI is InChI=1S/C14H27NO3/c1-4-14(2,3)10-9-12(16)15-11-7-5-6-8-13(17)18/h4-11H2,1-3H3,(H,15,16)(H,17,18). The van der Waals surface area contributed by atoms with Crippen LogP contribution in [0.1, 0.15) is 65.7 Å². The van der Waals surface area contributed by atoms with E-state index in [4.69, 9.17) is 5.11 Å². The number of rotatable bonds is 10. The second-order valence-corrected chi connectivity index (χ2v) is 5.57. The van der Waals surface area contributed by atoms with Crippen molar-refractivity contribution in [3.63, 3.8) is 0 Å². The van der Waals surface area contributed by atoms with E-state index in [1.807, 2.05) is 0 Å². The molecule has 0 fully saturated rings. The molecule has 0 saturated heterocycles. The fraction of sp³-hybridized carbons (Fsp3) is 0.857. The van der Waals surface area contributed by atoms with E-state index < -0.39 is 5.97 Å². The highest BCUT2D eigenvalue weighted by Gasteiger charge is 2.16. The zero-order valence-electron chi connectivity index (χ0n) is 11.9. The van der Waals surface area contributed by atoms with Crippen molar-refractivity contribution < 1.29 is 14.7 Å². The molecule has 4 heteroatoms. The molecule has 18 heavy (non-hydrogen) atoms. The Morgan fingerprint density at radius 3 is 2.33 bits per heavy atom. The van der Waals surface area contributed by atoms with Gasteiger partial charge >= 0.3 is 5.97 Å². The third-order valence-corrected chi connectivity index (χ3v) is 3.38. The van der Waals surface area contributed by atoms with Crippen molar-refractivity contribution in [1.29, 1.82) is 0 Å². The smallest absolute Gasteiger partial charge is 0.303 e. The van der Waals surface area contributed by atoms with Gasteiger partial charge in [0.25, 0.3) is 0 Å². The third kappa shape index (κ3) is 10.1. The minimum absolute atomic E-state index is 0.106. The number of hydrogen-bond donors (Lipinski definition) is 2. The van der Waals surface area contributed by atoms with Crippen molar-refractivity contribution in [3.8, 4) is 0 Å². The summed E-state index contributed by atoms with van der Waals surface area (Å²) in [7, 11) is 0. The molecule has 4 nitrogen and oxygen atoms in total. The summed E-state index contributed by atoms with van der Waals surface area (Å²) in [6.45, 7) is 7.14. The van der Waals surface area contributed by atoms with Crippen LogP contribution in [-0.2, 0) is 9.59 Å². The predicted octanol–water partition coefficient (Wildman–Crippen LogP) is 2.96. The lowest BCUT2D eigenvalue weighted by Crippen LogP contribution is -2.25. The Morgan fingerprint density at radius 1 is 1.11 bits per heavy atom. The molecule has 2 N–H and O–H groups in total. The van der Waals surface area contributed by atoms with Crippen molar-refractivity contribution in [2.75, 3.05) is 6.54 Å². The van der Waals surface area contributed by atoms with Gasteiger partial charge in [-0.15, -0.1) is 0 Å². The Bertz CT molecular complexity index is 262. The second-order valence-electron chi connectivity index (χ2n) is 5.57. The SMILES string of the molecule is CCC(C)(C)CCC(=O)NCCCCCC(=O)O. The molecule has 0 heterocycles. The highest BCUT2D eigenvalue weighted by atomic mass is 16.4. The van der Waals surface area contributed by atoms with Gasteiger partial charge in [0.15, 0.2) is 0 Å².